The summed E-state index contributed by atoms with van der Waals surface area (Å²) in [6.07, 6.45) is 17.1. The first-order chi connectivity index (χ1) is 46.9. The van der Waals surface area contributed by atoms with Gasteiger partial charge in [-0.1, -0.05) is 61.4 Å². The molecule has 7 aliphatic rings. The number of carbonyl (C=O) groups excluding carboxylic acids is 3. The Bertz CT molecular complexity index is 3570. The molecule has 7 heterocycles. The molecule has 0 unspecified atom stereocenters. The standard InChI is InChI=1S/C43H53N3O6.C29H31NO4.C7H12ClNO/c1-32-38-20-19-37(51-31-41(48)46-25-9-4-10-26-46)29-39(38)52-43(34-13-17-35(18-14-34)49-28-27-44-21-5-2-6-22-44)42(32)33-11-15-36(16-12-33)50-30-40(47)45-23-7-3-8-24-45;1-20-26-14-11-24(32)19-27(26)34-29(28(20)21-5-9-23(31)10-6-21)22-7-12-25(13-8-22)33-18-17-30-15-3-2-4-16-30;8-6-7(10)9-4-2-1-3-5-9/h11-20,29,43H,2-10,21-28,30-31H2,1H3;5-14,19,29,31-32H,2-4,15-18H2,1H3;1-6H2/t43-;29-;/m00./s1. The number of amides is 3. The van der Waals surface area contributed by atoms with E-state index in [0.717, 1.165) is 171 Å². The first-order valence-electron chi connectivity index (χ1n) is 35.1. The van der Waals surface area contributed by atoms with E-state index in [2.05, 4.69) is 35.8 Å². The van der Waals surface area contributed by atoms with Crippen molar-refractivity contribution < 1.29 is 53.0 Å². The predicted octanol–water partition coefficient (Wildman–Crippen LogP) is 14.7. The summed E-state index contributed by atoms with van der Waals surface area (Å²) in [4.78, 5) is 47.1. The molecule has 0 radical (unpaired) electrons. The summed E-state index contributed by atoms with van der Waals surface area (Å²) in [7, 11) is 0. The molecule has 6 aromatic rings. The monoisotopic (exact) mass is 1330 g/mol. The average molecular weight is 1330 g/mol. The van der Waals surface area contributed by atoms with Crippen LogP contribution in [0.1, 0.15) is 156 Å². The van der Waals surface area contributed by atoms with Crippen molar-refractivity contribution in [3.63, 3.8) is 0 Å². The molecular formula is C79H96ClN5O11. The number of phenolic OH excluding ortho intramolecular Hbond substituents is 2. The van der Waals surface area contributed by atoms with E-state index in [4.69, 9.17) is 40.0 Å². The highest BCUT2D eigenvalue weighted by molar-refractivity contribution is 6.27. The van der Waals surface area contributed by atoms with Crippen LogP contribution in [0.4, 0.5) is 0 Å². The summed E-state index contributed by atoms with van der Waals surface area (Å²) in [6, 6.07) is 42.5. The molecule has 510 valence electrons. The smallest absolute Gasteiger partial charge is 0.260 e. The fraction of sp³-hybridized carbons (Fsp3) is 0.456. The molecule has 7 aliphatic heterocycles. The van der Waals surface area contributed by atoms with Gasteiger partial charge in [0.25, 0.3) is 11.8 Å². The molecule has 17 heteroatoms. The number of allylic oxidation sites excluding steroid dienone is 2. The summed E-state index contributed by atoms with van der Waals surface area (Å²) < 4.78 is 37.4. The first kappa shape index (κ1) is 69.2. The Morgan fingerprint density at radius 1 is 0.406 bits per heavy atom. The van der Waals surface area contributed by atoms with E-state index in [1.165, 1.54) is 70.9 Å². The number of alkyl halides is 1. The highest BCUT2D eigenvalue weighted by Crippen LogP contribution is 2.50. The van der Waals surface area contributed by atoms with Crippen molar-refractivity contribution in [1.82, 2.24) is 24.5 Å². The maximum absolute atomic E-state index is 12.8. The van der Waals surface area contributed by atoms with Crippen LogP contribution in [-0.2, 0) is 14.4 Å². The fourth-order valence-electron chi connectivity index (χ4n) is 14.0. The molecule has 6 aromatic carbocycles. The molecule has 0 bridgehead atoms. The van der Waals surface area contributed by atoms with Crippen molar-refractivity contribution >= 4 is 51.6 Å². The van der Waals surface area contributed by atoms with E-state index < -0.39 is 6.10 Å². The van der Waals surface area contributed by atoms with Gasteiger partial charge in [-0.15, -0.1) is 11.6 Å². The maximum Gasteiger partial charge on any atom is 0.260 e. The van der Waals surface area contributed by atoms with Gasteiger partial charge in [0.05, 0.1) is 0 Å². The highest BCUT2D eigenvalue weighted by atomic mass is 35.5. The molecule has 5 fully saturated rings. The fourth-order valence-corrected chi connectivity index (χ4v) is 14.1. The SMILES string of the molecule is CC1=C(c2ccc(O)cc2)[C@H](c2ccc(OCCN3CCCCC3)cc2)Oc2cc(O)ccc21.CC1=C(c2ccc(OCC(=O)N3CCCCC3)cc2)[C@H](c2ccc(OCCN3CCCCC3)cc2)Oc2cc(OCC(=O)N3CCCCC3)ccc21.O=C(CCl)N1CCCCC1. The van der Waals surface area contributed by atoms with Crippen LogP contribution in [0.25, 0.3) is 22.3 Å². The molecule has 16 nitrogen and oxygen atoms in total. The van der Waals surface area contributed by atoms with Crippen molar-refractivity contribution in [2.24, 2.45) is 0 Å². The van der Waals surface area contributed by atoms with Gasteiger partial charge in [0.1, 0.15) is 77.3 Å². The zero-order chi connectivity index (χ0) is 66.6. The largest absolute Gasteiger partial charge is 0.508 e. The topological polar surface area (TPSA) is 163 Å². The summed E-state index contributed by atoms with van der Waals surface area (Å²) in [6.45, 7) is 17.2. The Morgan fingerprint density at radius 2 is 0.750 bits per heavy atom. The van der Waals surface area contributed by atoms with E-state index in [1.807, 2.05) is 112 Å². The number of nitrogens with zero attached hydrogens (tertiary/aromatic N) is 5. The number of likely N-dealkylation sites (tertiary alicyclic amines) is 5. The van der Waals surface area contributed by atoms with Crippen LogP contribution >= 0.6 is 11.6 Å². The van der Waals surface area contributed by atoms with Crippen molar-refractivity contribution in [3.05, 3.63) is 167 Å². The van der Waals surface area contributed by atoms with Gasteiger partial charge >= 0.3 is 0 Å². The summed E-state index contributed by atoms with van der Waals surface area (Å²) >= 11 is 5.39. The maximum atomic E-state index is 12.8. The van der Waals surface area contributed by atoms with Crippen molar-refractivity contribution in [2.75, 3.05) is 111 Å². The molecule has 2 atom stereocenters. The van der Waals surface area contributed by atoms with Crippen LogP contribution in [0.5, 0.6) is 46.0 Å². The normalized spacial score (nSPS) is 19.0. The molecule has 2 N–H and O–H groups in total. The number of aromatic hydroxyl groups is 2. The van der Waals surface area contributed by atoms with Gasteiger partial charge in [-0.2, -0.15) is 0 Å². The number of hydrogen-bond donors (Lipinski definition) is 2. The number of fused-ring (bicyclic) bond motifs is 2. The van der Waals surface area contributed by atoms with Gasteiger partial charge < -0.3 is 53.3 Å². The average Bonchev–Trinajstić information content (AvgIpc) is 0.826. The van der Waals surface area contributed by atoms with E-state index in [-0.39, 0.29) is 54.4 Å². The van der Waals surface area contributed by atoms with Crippen molar-refractivity contribution in [3.8, 4) is 46.0 Å². The lowest BCUT2D eigenvalue weighted by atomic mass is 9.86. The van der Waals surface area contributed by atoms with Crippen LogP contribution in [0, 0.1) is 0 Å². The Hall–Kier alpha value is -8.18. The second kappa shape index (κ2) is 34.7. The Balaban J connectivity index is 0.000000181. The third-order valence-corrected chi connectivity index (χ3v) is 19.7. The quantitative estimate of drug-likeness (QED) is 0.0737. The van der Waals surface area contributed by atoms with Gasteiger partial charge in [-0.3, -0.25) is 24.2 Å². The summed E-state index contributed by atoms with van der Waals surface area (Å²) in [5.41, 5.74) is 10.2. The first-order valence-corrected chi connectivity index (χ1v) is 35.7. The third kappa shape index (κ3) is 18.7. The predicted molar refractivity (Wildman–Crippen MR) is 378 cm³/mol. The van der Waals surface area contributed by atoms with Gasteiger partial charge in [0, 0.05) is 86.8 Å². The van der Waals surface area contributed by atoms with Crippen LogP contribution in [0.2, 0.25) is 0 Å². The molecular weight excluding hydrogens is 1230 g/mol. The van der Waals surface area contributed by atoms with Crippen LogP contribution in [0.3, 0.4) is 0 Å². The molecule has 3 amide bonds. The molecule has 0 aromatic heterocycles. The van der Waals surface area contributed by atoms with Crippen molar-refractivity contribution in [2.45, 2.75) is 122 Å². The zero-order valence-electron chi connectivity index (χ0n) is 56.2. The Morgan fingerprint density at radius 3 is 1.19 bits per heavy atom. The molecule has 0 aliphatic carbocycles. The van der Waals surface area contributed by atoms with Crippen LogP contribution < -0.4 is 28.4 Å². The number of halogens is 1. The molecule has 0 spiro atoms. The van der Waals surface area contributed by atoms with Gasteiger partial charge in [0.2, 0.25) is 5.91 Å². The number of hydrogen-bond acceptors (Lipinski definition) is 13. The summed E-state index contributed by atoms with van der Waals surface area (Å²) in [5, 5.41) is 19.8. The Kier molecular flexibility index (Phi) is 25.0. The number of ether oxygens (including phenoxy) is 6. The lowest BCUT2D eigenvalue weighted by Gasteiger charge is -2.31. The minimum absolute atomic E-state index is 0.0134. The second-order valence-electron chi connectivity index (χ2n) is 26.2. The highest BCUT2D eigenvalue weighted by Gasteiger charge is 2.32. The van der Waals surface area contributed by atoms with E-state index in [1.54, 1.807) is 24.3 Å². The lowest BCUT2D eigenvalue weighted by molar-refractivity contribution is -0.135. The number of piperidine rings is 5. The van der Waals surface area contributed by atoms with E-state index in [9.17, 15) is 24.6 Å². The molecule has 13 rings (SSSR count). The molecule has 96 heavy (non-hydrogen) atoms. The van der Waals surface area contributed by atoms with Crippen LogP contribution in [0.15, 0.2) is 133 Å². The molecule has 0 saturated carbocycles. The second-order valence-corrected chi connectivity index (χ2v) is 26.4. The molecule has 5 saturated heterocycles. The van der Waals surface area contributed by atoms with Gasteiger partial charge in [0.15, 0.2) is 13.2 Å². The van der Waals surface area contributed by atoms with E-state index >= 15 is 0 Å². The van der Waals surface area contributed by atoms with Gasteiger partial charge in [-0.05, 0) is 230 Å². The van der Waals surface area contributed by atoms with Gasteiger partial charge in [-0.25, -0.2) is 0 Å². The lowest BCUT2D eigenvalue weighted by Crippen LogP contribution is -2.38. The number of rotatable bonds is 19. The number of carbonyl (C=O) groups is 3. The van der Waals surface area contributed by atoms with E-state index in [0.29, 0.717) is 36.2 Å². The zero-order valence-corrected chi connectivity index (χ0v) is 56.9. The third-order valence-electron chi connectivity index (χ3n) is 19.5. The number of phenols is 2. The Labute approximate surface area is 572 Å². The minimum Gasteiger partial charge on any atom is -0.508 e. The minimum atomic E-state index is -0.396. The summed E-state index contributed by atoms with van der Waals surface area (Å²) in [5.74, 6) is 5.03. The van der Waals surface area contributed by atoms with Crippen molar-refractivity contribution in [1.29, 1.82) is 0 Å². The van der Waals surface area contributed by atoms with Crippen LogP contribution in [-0.4, -0.2) is 163 Å². The number of benzene rings is 6.